The van der Waals surface area contributed by atoms with E-state index in [1.807, 2.05) is 17.0 Å². The molecule has 2 fully saturated rings. The molecule has 1 aromatic heterocycles. The number of piperazine rings is 1. The molecule has 0 aromatic carbocycles. The number of pyridine rings is 1. The summed E-state index contributed by atoms with van der Waals surface area (Å²) in [6.07, 6.45) is 9.44. The Morgan fingerprint density at radius 1 is 1.07 bits per heavy atom. The van der Waals surface area contributed by atoms with Crippen LogP contribution in [-0.4, -0.2) is 54.4 Å². The van der Waals surface area contributed by atoms with Gasteiger partial charge in [0.1, 0.15) is 0 Å². The van der Waals surface area contributed by atoms with Crippen LogP contribution in [0.5, 0.6) is 0 Å². The second-order valence-electron chi connectivity index (χ2n) is 7.66. The summed E-state index contributed by atoms with van der Waals surface area (Å²) < 4.78 is 0. The highest BCUT2D eigenvalue weighted by Crippen LogP contribution is 2.32. The van der Waals surface area contributed by atoms with E-state index in [9.17, 15) is 9.59 Å². The first-order valence-corrected chi connectivity index (χ1v) is 10.4. The topological polar surface area (TPSA) is 65.5 Å². The van der Waals surface area contributed by atoms with Crippen molar-refractivity contribution in [3.63, 3.8) is 0 Å². The van der Waals surface area contributed by atoms with Crippen LogP contribution < -0.4 is 10.2 Å². The van der Waals surface area contributed by atoms with Crippen LogP contribution in [0.3, 0.4) is 0 Å². The van der Waals surface area contributed by atoms with Gasteiger partial charge in [-0.25, -0.2) is 0 Å². The molecule has 0 spiro atoms. The smallest absolute Gasteiger partial charge is 0.226 e. The molecule has 2 atom stereocenters. The fourth-order valence-corrected chi connectivity index (χ4v) is 4.23. The van der Waals surface area contributed by atoms with Gasteiger partial charge in [-0.1, -0.05) is 26.2 Å². The molecule has 1 saturated heterocycles. The number of hydrogen-bond donors (Lipinski definition) is 1. The summed E-state index contributed by atoms with van der Waals surface area (Å²) in [6.45, 7) is 5.94. The predicted octanol–water partition coefficient (Wildman–Crippen LogP) is 2.45. The summed E-state index contributed by atoms with van der Waals surface area (Å²) in [4.78, 5) is 34.1. The zero-order chi connectivity index (χ0) is 19.1. The zero-order valence-electron chi connectivity index (χ0n) is 16.4. The van der Waals surface area contributed by atoms with Gasteiger partial charge < -0.3 is 15.1 Å². The van der Waals surface area contributed by atoms with Gasteiger partial charge in [0.15, 0.2) is 0 Å². The van der Waals surface area contributed by atoms with Crippen molar-refractivity contribution in [2.45, 2.75) is 45.4 Å². The number of aromatic nitrogens is 1. The van der Waals surface area contributed by atoms with Crippen LogP contribution in [0.15, 0.2) is 24.5 Å². The largest absolute Gasteiger partial charge is 0.368 e. The van der Waals surface area contributed by atoms with Gasteiger partial charge in [-0.3, -0.25) is 14.6 Å². The lowest BCUT2D eigenvalue weighted by molar-refractivity contribution is -0.144. The SMILES string of the molecule is CCCCNC(=O)[C@@H]1CCCC[C@@H]1C(=O)N1CCN(c2ccncc2)CC1. The first-order chi connectivity index (χ1) is 13.2. The summed E-state index contributed by atoms with van der Waals surface area (Å²) in [5.41, 5.74) is 1.16. The molecule has 27 heavy (non-hydrogen) atoms. The fourth-order valence-electron chi connectivity index (χ4n) is 4.23. The Bertz CT molecular complexity index is 614. The van der Waals surface area contributed by atoms with Crippen molar-refractivity contribution in [3.05, 3.63) is 24.5 Å². The molecule has 1 aromatic rings. The van der Waals surface area contributed by atoms with E-state index < -0.39 is 0 Å². The second kappa shape index (κ2) is 9.72. The van der Waals surface area contributed by atoms with E-state index in [4.69, 9.17) is 0 Å². The first kappa shape index (κ1) is 19.6. The van der Waals surface area contributed by atoms with Crippen molar-refractivity contribution < 1.29 is 9.59 Å². The second-order valence-corrected chi connectivity index (χ2v) is 7.66. The highest BCUT2D eigenvalue weighted by molar-refractivity contribution is 5.88. The standard InChI is InChI=1S/C21H32N4O2/c1-2-3-10-23-20(26)18-6-4-5-7-19(18)21(27)25-15-13-24(14-16-25)17-8-11-22-12-9-17/h8-9,11-12,18-19H,2-7,10,13-16H2,1H3,(H,23,26)/t18-,19+/m1/s1. The number of rotatable bonds is 6. The minimum absolute atomic E-state index is 0.0805. The highest BCUT2D eigenvalue weighted by atomic mass is 16.2. The molecule has 2 amide bonds. The van der Waals surface area contributed by atoms with Crippen LogP contribution in [0.2, 0.25) is 0 Å². The molecule has 0 bridgehead atoms. The maximum absolute atomic E-state index is 13.2. The number of carbonyl (C=O) groups is 2. The quantitative estimate of drug-likeness (QED) is 0.779. The minimum Gasteiger partial charge on any atom is -0.368 e. The summed E-state index contributed by atoms with van der Waals surface area (Å²) in [5.74, 6) is -0.0363. The van der Waals surface area contributed by atoms with Gasteiger partial charge in [0.25, 0.3) is 0 Å². The average molecular weight is 373 g/mol. The Hall–Kier alpha value is -2.11. The minimum atomic E-state index is -0.152. The van der Waals surface area contributed by atoms with Crippen molar-refractivity contribution in [2.24, 2.45) is 11.8 Å². The van der Waals surface area contributed by atoms with E-state index in [-0.39, 0.29) is 23.7 Å². The van der Waals surface area contributed by atoms with Gasteiger partial charge in [0.2, 0.25) is 11.8 Å². The third kappa shape index (κ3) is 4.99. The van der Waals surface area contributed by atoms with E-state index in [0.717, 1.165) is 76.9 Å². The molecule has 2 heterocycles. The molecular weight excluding hydrogens is 340 g/mol. The van der Waals surface area contributed by atoms with Crippen molar-refractivity contribution in [1.82, 2.24) is 15.2 Å². The van der Waals surface area contributed by atoms with Gasteiger partial charge in [-0.2, -0.15) is 0 Å². The van der Waals surface area contributed by atoms with Gasteiger partial charge in [0.05, 0.1) is 0 Å². The van der Waals surface area contributed by atoms with Crippen LogP contribution in [0.25, 0.3) is 0 Å². The number of amides is 2. The Balaban J connectivity index is 1.56. The van der Waals surface area contributed by atoms with Crippen molar-refractivity contribution in [2.75, 3.05) is 37.6 Å². The molecule has 2 aliphatic rings. The number of carbonyl (C=O) groups excluding carboxylic acids is 2. The van der Waals surface area contributed by atoms with E-state index in [1.54, 1.807) is 12.4 Å². The summed E-state index contributed by atoms with van der Waals surface area (Å²) in [6, 6.07) is 4.02. The van der Waals surface area contributed by atoms with Crippen molar-refractivity contribution in [1.29, 1.82) is 0 Å². The number of nitrogens with zero attached hydrogens (tertiary/aromatic N) is 3. The molecule has 3 rings (SSSR count). The average Bonchev–Trinajstić information content (AvgIpc) is 2.74. The number of hydrogen-bond acceptors (Lipinski definition) is 4. The molecule has 0 radical (unpaired) electrons. The van der Waals surface area contributed by atoms with Crippen LogP contribution in [0.4, 0.5) is 5.69 Å². The fraction of sp³-hybridized carbons (Fsp3) is 0.667. The highest BCUT2D eigenvalue weighted by Gasteiger charge is 2.38. The summed E-state index contributed by atoms with van der Waals surface area (Å²) >= 11 is 0. The Labute approximate surface area is 162 Å². The molecule has 0 unspecified atom stereocenters. The number of nitrogens with one attached hydrogen (secondary N) is 1. The summed E-state index contributed by atoms with van der Waals surface area (Å²) in [7, 11) is 0. The molecule has 1 saturated carbocycles. The van der Waals surface area contributed by atoms with E-state index in [2.05, 4.69) is 22.1 Å². The van der Waals surface area contributed by atoms with Gasteiger partial charge in [-0.15, -0.1) is 0 Å². The molecule has 1 aliphatic heterocycles. The Morgan fingerprint density at radius 2 is 1.74 bits per heavy atom. The monoisotopic (exact) mass is 372 g/mol. The first-order valence-electron chi connectivity index (χ1n) is 10.4. The van der Waals surface area contributed by atoms with Crippen LogP contribution in [0.1, 0.15) is 45.4 Å². The Morgan fingerprint density at radius 3 is 2.41 bits per heavy atom. The van der Waals surface area contributed by atoms with Crippen molar-refractivity contribution in [3.8, 4) is 0 Å². The third-order valence-corrected chi connectivity index (χ3v) is 5.87. The maximum atomic E-state index is 13.2. The van der Waals surface area contributed by atoms with Crippen molar-refractivity contribution >= 4 is 17.5 Å². The van der Waals surface area contributed by atoms with Gasteiger partial charge in [-0.05, 0) is 31.4 Å². The van der Waals surface area contributed by atoms with Gasteiger partial charge in [0, 0.05) is 62.6 Å². The molecule has 148 valence electrons. The lowest BCUT2D eigenvalue weighted by Crippen LogP contribution is -2.52. The number of unbranched alkanes of at least 4 members (excludes halogenated alkanes) is 1. The van der Waals surface area contributed by atoms with Crippen LogP contribution >= 0.6 is 0 Å². The van der Waals surface area contributed by atoms with E-state index in [1.165, 1.54) is 0 Å². The normalized spacial score (nSPS) is 23.1. The van der Waals surface area contributed by atoms with Gasteiger partial charge >= 0.3 is 0 Å². The van der Waals surface area contributed by atoms with E-state index >= 15 is 0 Å². The molecule has 6 heteroatoms. The van der Waals surface area contributed by atoms with Crippen LogP contribution in [-0.2, 0) is 9.59 Å². The lowest BCUT2D eigenvalue weighted by Gasteiger charge is -2.39. The predicted molar refractivity (Wildman–Crippen MR) is 106 cm³/mol. The maximum Gasteiger partial charge on any atom is 0.226 e. The zero-order valence-corrected chi connectivity index (χ0v) is 16.4. The number of anilines is 1. The molecule has 6 nitrogen and oxygen atoms in total. The Kier molecular flexibility index (Phi) is 7.07. The summed E-state index contributed by atoms with van der Waals surface area (Å²) in [5, 5.41) is 3.05. The molecule has 1 aliphatic carbocycles. The van der Waals surface area contributed by atoms with E-state index in [0.29, 0.717) is 0 Å². The van der Waals surface area contributed by atoms with Crippen LogP contribution in [0, 0.1) is 11.8 Å². The molecular formula is C21H32N4O2. The third-order valence-electron chi connectivity index (χ3n) is 5.87. The lowest BCUT2D eigenvalue weighted by atomic mass is 9.77. The molecule has 1 N–H and O–H groups in total.